The van der Waals surface area contributed by atoms with E-state index in [1.54, 1.807) is 6.07 Å². The van der Waals surface area contributed by atoms with Crippen molar-refractivity contribution in [3.63, 3.8) is 0 Å². The predicted molar refractivity (Wildman–Crippen MR) is 60.9 cm³/mol. The van der Waals surface area contributed by atoms with Crippen LogP contribution in [-0.2, 0) is 0 Å². The molecule has 1 aromatic heterocycles. The number of halogens is 1. The number of nitrogens with two attached hydrogens (primary N) is 1. The summed E-state index contributed by atoms with van der Waals surface area (Å²) in [5.74, 6) is 0.536. The fourth-order valence-corrected chi connectivity index (χ4v) is 2.10. The van der Waals surface area contributed by atoms with E-state index in [4.69, 9.17) is 5.73 Å². The van der Waals surface area contributed by atoms with E-state index in [9.17, 15) is 4.39 Å². The van der Waals surface area contributed by atoms with Crippen LogP contribution in [0.3, 0.4) is 0 Å². The minimum Gasteiger partial charge on any atom is -0.341 e. The van der Waals surface area contributed by atoms with Gasteiger partial charge in [0.2, 0.25) is 5.95 Å². The Hall–Kier alpha value is -1.62. The molecule has 3 N–H and O–H groups in total. The van der Waals surface area contributed by atoms with Gasteiger partial charge in [0.05, 0.1) is 11.0 Å². The molecule has 4 nitrogen and oxygen atoms in total. The van der Waals surface area contributed by atoms with Crippen LogP contribution in [0.1, 0.15) is 6.42 Å². The molecule has 1 atom stereocenters. The van der Waals surface area contributed by atoms with Gasteiger partial charge in [-0.3, -0.25) is 0 Å². The van der Waals surface area contributed by atoms with Gasteiger partial charge in [-0.05, 0) is 24.6 Å². The maximum Gasteiger partial charge on any atom is 0.203 e. The van der Waals surface area contributed by atoms with E-state index >= 15 is 0 Å². The van der Waals surface area contributed by atoms with Gasteiger partial charge in [0.1, 0.15) is 5.82 Å². The summed E-state index contributed by atoms with van der Waals surface area (Å²) in [6.07, 6.45) is 0.978. The minimum absolute atomic E-state index is 0.213. The summed E-state index contributed by atoms with van der Waals surface area (Å²) < 4.78 is 13.0. The molecule has 1 fully saturated rings. The van der Waals surface area contributed by atoms with Crippen LogP contribution in [0.4, 0.5) is 10.3 Å². The summed E-state index contributed by atoms with van der Waals surface area (Å²) in [4.78, 5) is 9.64. The number of fused-ring (bicyclic) bond motifs is 1. The number of H-pyrrole nitrogens is 1. The van der Waals surface area contributed by atoms with Crippen molar-refractivity contribution in [1.82, 2.24) is 9.97 Å². The number of hydrogen-bond acceptors (Lipinski definition) is 3. The minimum atomic E-state index is -0.249. The van der Waals surface area contributed by atoms with Crippen molar-refractivity contribution < 1.29 is 4.39 Å². The molecule has 2 heterocycles. The first kappa shape index (κ1) is 9.59. The highest BCUT2D eigenvalue weighted by Crippen LogP contribution is 2.21. The van der Waals surface area contributed by atoms with Gasteiger partial charge in [-0.25, -0.2) is 9.37 Å². The molecule has 0 saturated carbocycles. The SMILES string of the molecule is NC1CCN(c2nc3ccc(F)cc3[nH]2)C1. The van der Waals surface area contributed by atoms with E-state index in [0.717, 1.165) is 36.5 Å². The van der Waals surface area contributed by atoms with E-state index in [0.29, 0.717) is 0 Å². The lowest BCUT2D eigenvalue weighted by Gasteiger charge is -2.13. The number of aromatic nitrogens is 2. The Morgan fingerprint density at radius 3 is 3.12 bits per heavy atom. The number of rotatable bonds is 1. The van der Waals surface area contributed by atoms with E-state index in [1.165, 1.54) is 12.1 Å². The fourth-order valence-electron chi connectivity index (χ4n) is 2.10. The van der Waals surface area contributed by atoms with E-state index < -0.39 is 0 Å². The van der Waals surface area contributed by atoms with Gasteiger partial charge in [-0.15, -0.1) is 0 Å². The molecule has 1 aliphatic rings. The molecule has 1 unspecified atom stereocenters. The number of anilines is 1. The topological polar surface area (TPSA) is 57.9 Å². The number of nitrogens with one attached hydrogen (secondary N) is 1. The van der Waals surface area contributed by atoms with Crippen LogP contribution in [0.15, 0.2) is 18.2 Å². The lowest BCUT2D eigenvalue weighted by Crippen LogP contribution is -2.26. The second-order valence-corrected chi connectivity index (χ2v) is 4.22. The van der Waals surface area contributed by atoms with Crippen molar-refractivity contribution in [3.8, 4) is 0 Å². The quantitative estimate of drug-likeness (QED) is 0.760. The zero-order valence-electron chi connectivity index (χ0n) is 8.78. The zero-order valence-corrected chi connectivity index (χ0v) is 8.78. The van der Waals surface area contributed by atoms with E-state index in [1.807, 2.05) is 0 Å². The number of hydrogen-bond donors (Lipinski definition) is 2. The third kappa shape index (κ3) is 1.53. The van der Waals surface area contributed by atoms with Gasteiger partial charge in [0.25, 0.3) is 0 Å². The molecule has 0 bridgehead atoms. The van der Waals surface area contributed by atoms with Gasteiger partial charge in [-0.1, -0.05) is 0 Å². The molecule has 0 amide bonds. The number of aromatic amines is 1. The van der Waals surface area contributed by atoms with Crippen LogP contribution in [0, 0.1) is 5.82 Å². The number of imidazole rings is 1. The third-order valence-corrected chi connectivity index (χ3v) is 2.96. The Morgan fingerprint density at radius 1 is 1.50 bits per heavy atom. The lowest BCUT2D eigenvalue weighted by atomic mass is 10.3. The molecule has 1 saturated heterocycles. The molecule has 5 heteroatoms. The maximum absolute atomic E-state index is 13.0. The lowest BCUT2D eigenvalue weighted by molar-refractivity contribution is 0.629. The van der Waals surface area contributed by atoms with Crippen molar-refractivity contribution >= 4 is 17.0 Å². The molecule has 0 aliphatic carbocycles. The van der Waals surface area contributed by atoms with Gasteiger partial charge in [0, 0.05) is 19.1 Å². The van der Waals surface area contributed by atoms with Gasteiger partial charge < -0.3 is 15.6 Å². The predicted octanol–water partition coefficient (Wildman–Crippen LogP) is 1.24. The van der Waals surface area contributed by atoms with Crippen LogP contribution in [0.25, 0.3) is 11.0 Å². The number of nitrogens with zero attached hydrogens (tertiary/aromatic N) is 2. The van der Waals surface area contributed by atoms with Crippen molar-refractivity contribution in [3.05, 3.63) is 24.0 Å². The summed E-state index contributed by atoms with van der Waals surface area (Å²) in [5, 5.41) is 0. The monoisotopic (exact) mass is 220 g/mol. The van der Waals surface area contributed by atoms with Gasteiger partial charge >= 0.3 is 0 Å². The average Bonchev–Trinajstić information content (AvgIpc) is 2.83. The first-order valence-electron chi connectivity index (χ1n) is 5.38. The van der Waals surface area contributed by atoms with Crippen molar-refractivity contribution in [1.29, 1.82) is 0 Å². The summed E-state index contributed by atoms with van der Waals surface area (Å²) >= 11 is 0. The highest BCUT2D eigenvalue weighted by Gasteiger charge is 2.21. The van der Waals surface area contributed by atoms with Crippen molar-refractivity contribution in [2.24, 2.45) is 5.73 Å². The molecule has 3 rings (SSSR count). The summed E-state index contributed by atoms with van der Waals surface area (Å²) in [7, 11) is 0. The van der Waals surface area contributed by atoms with Crippen LogP contribution < -0.4 is 10.6 Å². The molecule has 0 radical (unpaired) electrons. The second-order valence-electron chi connectivity index (χ2n) is 4.22. The van der Waals surface area contributed by atoms with E-state index in [-0.39, 0.29) is 11.9 Å². The standard InChI is InChI=1S/C11H13FN4/c12-7-1-2-9-10(5-7)15-11(14-9)16-4-3-8(13)6-16/h1-2,5,8H,3-4,6,13H2,(H,14,15). The Balaban J connectivity index is 1.99. The largest absolute Gasteiger partial charge is 0.341 e. The Kier molecular flexibility index (Phi) is 2.07. The molecule has 1 aromatic carbocycles. The van der Waals surface area contributed by atoms with Crippen molar-refractivity contribution in [2.45, 2.75) is 12.5 Å². The summed E-state index contributed by atoms with van der Waals surface area (Å²) in [5.41, 5.74) is 7.36. The second kappa shape index (κ2) is 3.45. The first-order valence-corrected chi connectivity index (χ1v) is 5.38. The molecular formula is C11H13FN4. The average molecular weight is 220 g/mol. The Bertz CT molecular complexity index is 522. The maximum atomic E-state index is 13.0. The molecule has 0 spiro atoms. The highest BCUT2D eigenvalue weighted by molar-refractivity contribution is 5.77. The molecule has 1 aliphatic heterocycles. The smallest absolute Gasteiger partial charge is 0.203 e. The molecule has 2 aromatic rings. The fraction of sp³-hybridized carbons (Fsp3) is 0.364. The molecular weight excluding hydrogens is 207 g/mol. The highest BCUT2D eigenvalue weighted by atomic mass is 19.1. The molecule has 16 heavy (non-hydrogen) atoms. The van der Waals surface area contributed by atoms with Gasteiger partial charge in [-0.2, -0.15) is 0 Å². The Morgan fingerprint density at radius 2 is 2.38 bits per heavy atom. The van der Waals surface area contributed by atoms with Gasteiger partial charge in [0.15, 0.2) is 0 Å². The van der Waals surface area contributed by atoms with E-state index in [2.05, 4.69) is 14.9 Å². The number of benzene rings is 1. The van der Waals surface area contributed by atoms with Crippen LogP contribution in [0.2, 0.25) is 0 Å². The zero-order chi connectivity index (χ0) is 11.1. The van der Waals surface area contributed by atoms with Crippen molar-refractivity contribution in [2.75, 3.05) is 18.0 Å². The van der Waals surface area contributed by atoms with Crippen LogP contribution in [-0.4, -0.2) is 29.1 Å². The van der Waals surface area contributed by atoms with Crippen LogP contribution >= 0.6 is 0 Å². The summed E-state index contributed by atoms with van der Waals surface area (Å²) in [6.45, 7) is 1.71. The first-order chi connectivity index (χ1) is 7.72. The normalized spacial score (nSPS) is 20.9. The summed E-state index contributed by atoms with van der Waals surface area (Å²) in [6, 6.07) is 4.77. The van der Waals surface area contributed by atoms with Crippen LogP contribution in [0.5, 0.6) is 0 Å². The molecule has 84 valence electrons. The third-order valence-electron chi connectivity index (χ3n) is 2.96. The Labute approximate surface area is 92.3 Å².